The van der Waals surface area contributed by atoms with Crippen LogP contribution >= 0.6 is 0 Å². The van der Waals surface area contributed by atoms with Crippen molar-refractivity contribution in [3.05, 3.63) is 41.9 Å². The number of rotatable bonds is 4. The van der Waals surface area contributed by atoms with Crippen molar-refractivity contribution in [1.29, 1.82) is 0 Å². The molecule has 1 aliphatic heterocycles. The van der Waals surface area contributed by atoms with Crippen LogP contribution in [-0.4, -0.2) is 39.6 Å². The molecule has 1 atom stereocenters. The molecule has 6 heteroatoms. The maximum atomic E-state index is 12.7. The van der Waals surface area contributed by atoms with Crippen LogP contribution in [0.1, 0.15) is 36.6 Å². The molecule has 3 rings (SSSR count). The lowest BCUT2D eigenvalue weighted by Crippen LogP contribution is -2.39. The topological polar surface area (TPSA) is 71.1 Å². The number of amides is 1. The number of aromatic amines is 1. The molecule has 0 aromatic carbocycles. The van der Waals surface area contributed by atoms with Gasteiger partial charge < -0.3 is 9.64 Å². The molecule has 0 radical (unpaired) electrons. The second-order valence-electron chi connectivity index (χ2n) is 5.49. The quantitative estimate of drug-likeness (QED) is 0.938. The highest BCUT2D eigenvalue weighted by molar-refractivity contribution is 5.79. The summed E-state index contributed by atoms with van der Waals surface area (Å²) in [4.78, 5) is 18.7. The van der Waals surface area contributed by atoms with Crippen molar-refractivity contribution in [2.75, 3.05) is 13.7 Å². The number of methoxy groups -OCH3 is 1. The van der Waals surface area contributed by atoms with E-state index in [1.807, 2.05) is 23.1 Å². The van der Waals surface area contributed by atoms with Crippen molar-refractivity contribution in [2.24, 2.45) is 0 Å². The van der Waals surface area contributed by atoms with Crippen molar-refractivity contribution >= 4 is 5.91 Å². The summed E-state index contributed by atoms with van der Waals surface area (Å²) in [6.45, 7) is 0.796. The standard InChI is InChI=1S/C16H20N4O2/c1-22-15-10-12(5-7-17-15)11-16(21)20-9-3-2-4-14(20)13-6-8-18-19-13/h5-8,10,14H,2-4,9,11H2,1H3,(H,18,19). The second kappa shape index (κ2) is 6.60. The average Bonchev–Trinajstić information content (AvgIpc) is 3.09. The van der Waals surface area contributed by atoms with Crippen molar-refractivity contribution in [2.45, 2.75) is 31.7 Å². The number of hydrogen-bond donors (Lipinski definition) is 1. The van der Waals surface area contributed by atoms with Gasteiger partial charge in [0.1, 0.15) is 0 Å². The molecule has 116 valence electrons. The van der Waals surface area contributed by atoms with E-state index in [0.29, 0.717) is 12.3 Å². The third kappa shape index (κ3) is 3.10. The van der Waals surface area contributed by atoms with Gasteiger partial charge in [0, 0.05) is 25.0 Å². The molecule has 3 heterocycles. The van der Waals surface area contributed by atoms with Crippen LogP contribution in [0.3, 0.4) is 0 Å². The van der Waals surface area contributed by atoms with E-state index in [1.54, 1.807) is 19.5 Å². The summed E-state index contributed by atoms with van der Waals surface area (Å²) in [5.41, 5.74) is 1.94. The van der Waals surface area contributed by atoms with E-state index in [2.05, 4.69) is 15.2 Å². The minimum atomic E-state index is 0.104. The highest BCUT2D eigenvalue weighted by atomic mass is 16.5. The lowest BCUT2D eigenvalue weighted by Gasteiger charge is -2.35. The zero-order chi connectivity index (χ0) is 15.4. The normalized spacial score (nSPS) is 18.2. The van der Waals surface area contributed by atoms with E-state index >= 15 is 0 Å². The van der Waals surface area contributed by atoms with Gasteiger partial charge in [-0.25, -0.2) is 4.98 Å². The summed E-state index contributed by atoms with van der Waals surface area (Å²) in [7, 11) is 1.58. The number of ether oxygens (including phenoxy) is 1. The first-order valence-electron chi connectivity index (χ1n) is 7.55. The number of pyridine rings is 1. The first kappa shape index (κ1) is 14.6. The van der Waals surface area contributed by atoms with Gasteiger partial charge >= 0.3 is 0 Å². The van der Waals surface area contributed by atoms with E-state index in [1.165, 1.54) is 0 Å². The number of piperidine rings is 1. The largest absolute Gasteiger partial charge is 0.481 e. The highest BCUT2D eigenvalue weighted by Crippen LogP contribution is 2.30. The monoisotopic (exact) mass is 300 g/mol. The molecule has 2 aromatic rings. The number of carbonyl (C=O) groups excluding carboxylic acids is 1. The van der Waals surface area contributed by atoms with Crippen LogP contribution < -0.4 is 4.74 Å². The fourth-order valence-corrected chi connectivity index (χ4v) is 2.95. The fourth-order valence-electron chi connectivity index (χ4n) is 2.95. The Hall–Kier alpha value is -2.37. The summed E-state index contributed by atoms with van der Waals surface area (Å²) >= 11 is 0. The Morgan fingerprint density at radius 3 is 3.09 bits per heavy atom. The van der Waals surface area contributed by atoms with Crippen molar-refractivity contribution in [3.63, 3.8) is 0 Å². The Labute approximate surface area is 129 Å². The molecule has 1 unspecified atom stereocenters. The minimum absolute atomic E-state index is 0.104. The molecular weight excluding hydrogens is 280 g/mol. The first-order valence-corrected chi connectivity index (χ1v) is 7.55. The Morgan fingerprint density at radius 1 is 1.41 bits per heavy atom. The third-order valence-electron chi connectivity index (χ3n) is 4.07. The summed E-state index contributed by atoms with van der Waals surface area (Å²) < 4.78 is 5.11. The van der Waals surface area contributed by atoms with Gasteiger partial charge in [-0.15, -0.1) is 0 Å². The van der Waals surface area contributed by atoms with Crippen LogP contribution in [-0.2, 0) is 11.2 Å². The Balaban J connectivity index is 1.74. The summed E-state index contributed by atoms with van der Waals surface area (Å²) in [5.74, 6) is 0.668. The molecule has 2 aromatic heterocycles. The summed E-state index contributed by atoms with van der Waals surface area (Å²) in [6.07, 6.45) is 6.94. The maximum Gasteiger partial charge on any atom is 0.227 e. The lowest BCUT2D eigenvalue weighted by molar-refractivity contribution is -0.134. The smallest absolute Gasteiger partial charge is 0.227 e. The van der Waals surface area contributed by atoms with E-state index < -0.39 is 0 Å². The molecule has 0 spiro atoms. The number of H-pyrrole nitrogens is 1. The molecule has 6 nitrogen and oxygen atoms in total. The highest BCUT2D eigenvalue weighted by Gasteiger charge is 2.28. The van der Waals surface area contributed by atoms with Crippen molar-refractivity contribution in [3.8, 4) is 5.88 Å². The lowest BCUT2D eigenvalue weighted by atomic mass is 9.98. The number of hydrogen-bond acceptors (Lipinski definition) is 4. The van der Waals surface area contributed by atoms with Crippen LogP contribution in [0.15, 0.2) is 30.6 Å². The van der Waals surface area contributed by atoms with E-state index in [4.69, 9.17) is 4.74 Å². The predicted molar refractivity (Wildman–Crippen MR) is 81.4 cm³/mol. The SMILES string of the molecule is COc1cc(CC(=O)N2CCCCC2c2ccn[nH]2)ccn1. The zero-order valence-corrected chi connectivity index (χ0v) is 12.7. The van der Waals surface area contributed by atoms with Gasteiger partial charge in [-0.3, -0.25) is 9.89 Å². The van der Waals surface area contributed by atoms with Gasteiger partial charge in [-0.05, 0) is 37.0 Å². The molecule has 1 amide bonds. The summed E-state index contributed by atoms with van der Waals surface area (Å²) in [6, 6.07) is 5.72. The van der Waals surface area contributed by atoms with Gasteiger partial charge in [0.05, 0.1) is 25.3 Å². The van der Waals surface area contributed by atoms with Crippen LogP contribution in [0.4, 0.5) is 0 Å². The van der Waals surface area contributed by atoms with Gasteiger partial charge in [-0.2, -0.15) is 5.10 Å². The number of carbonyl (C=O) groups is 1. The van der Waals surface area contributed by atoms with Crippen LogP contribution in [0, 0.1) is 0 Å². The van der Waals surface area contributed by atoms with Gasteiger partial charge in [0.15, 0.2) is 0 Å². The van der Waals surface area contributed by atoms with Crippen LogP contribution in [0.2, 0.25) is 0 Å². The number of aromatic nitrogens is 3. The number of nitrogens with zero attached hydrogens (tertiary/aromatic N) is 3. The van der Waals surface area contributed by atoms with Crippen molar-refractivity contribution in [1.82, 2.24) is 20.1 Å². The average molecular weight is 300 g/mol. The predicted octanol–water partition coefficient (Wildman–Crippen LogP) is 2.11. The third-order valence-corrected chi connectivity index (χ3v) is 4.07. The Morgan fingerprint density at radius 2 is 2.32 bits per heavy atom. The Kier molecular flexibility index (Phi) is 4.37. The van der Waals surface area contributed by atoms with Crippen molar-refractivity contribution < 1.29 is 9.53 Å². The molecule has 0 aliphatic carbocycles. The van der Waals surface area contributed by atoms with Gasteiger partial charge in [0.2, 0.25) is 11.8 Å². The fraction of sp³-hybridized carbons (Fsp3) is 0.438. The molecule has 1 N–H and O–H groups in total. The van der Waals surface area contributed by atoms with E-state index in [-0.39, 0.29) is 11.9 Å². The molecule has 1 aliphatic rings. The Bertz CT molecular complexity index is 627. The van der Waals surface area contributed by atoms with Gasteiger partial charge in [-0.1, -0.05) is 0 Å². The number of nitrogens with one attached hydrogen (secondary N) is 1. The molecule has 0 saturated carbocycles. The van der Waals surface area contributed by atoms with Gasteiger partial charge in [0.25, 0.3) is 0 Å². The molecule has 22 heavy (non-hydrogen) atoms. The maximum absolute atomic E-state index is 12.7. The molecular formula is C16H20N4O2. The minimum Gasteiger partial charge on any atom is -0.481 e. The first-order chi connectivity index (χ1) is 10.8. The summed E-state index contributed by atoms with van der Waals surface area (Å²) in [5, 5.41) is 7.01. The molecule has 0 bridgehead atoms. The van der Waals surface area contributed by atoms with E-state index in [9.17, 15) is 4.79 Å². The van der Waals surface area contributed by atoms with Crippen LogP contribution in [0.5, 0.6) is 5.88 Å². The van der Waals surface area contributed by atoms with Crippen LogP contribution in [0.25, 0.3) is 0 Å². The molecule has 1 saturated heterocycles. The second-order valence-corrected chi connectivity index (χ2v) is 5.49. The zero-order valence-electron chi connectivity index (χ0n) is 12.7. The number of likely N-dealkylation sites (tertiary alicyclic amines) is 1. The molecule has 1 fully saturated rings. The van der Waals surface area contributed by atoms with E-state index in [0.717, 1.165) is 37.1 Å².